The molecule has 2 nitrogen and oxygen atoms in total. The van der Waals surface area contributed by atoms with Gasteiger partial charge in [-0.2, -0.15) is 0 Å². The summed E-state index contributed by atoms with van der Waals surface area (Å²) < 4.78 is 0. The lowest BCUT2D eigenvalue weighted by molar-refractivity contribution is 0.249. The molecule has 112 valence electrons. The average Bonchev–Trinajstić information content (AvgIpc) is 3.01. The molecule has 0 aliphatic rings. The molecule has 0 amide bonds. The van der Waals surface area contributed by atoms with Crippen molar-refractivity contribution in [3.8, 4) is 0 Å². The van der Waals surface area contributed by atoms with Crippen molar-refractivity contribution in [1.82, 2.24) is 9.88 Å². The van der Waals surface area contributed by atoms with Gasteiger partial charge in [0.05, 0.1) is 0 Å². The monoisotopic (exact) mass is 308 g/mol. The molecule has 0 bridgehead atoms. The van der Waals surface area contributed by atoms with Crippen LogP contribution in [0.5, 0.6) is 0 Å². The molecule has 0 unspecified atom stereocenters. The fraction of sp³-hybridized carbons (Fsp3) is 0.211. The minimum atomic E-state index is 0.916. The third-order valence-corrected chi connectivity index (χ3v) is 4.44. The molecule has 3 heteroatoms. The van der Waals surface area contributed by atoms with Crippen molar-refractivity contribution in [3.63, 3.8) is 0 Å². The number of pyridine rings is 1. The Morgan fingerprint density at radius 3 is 2.55 bits per heavy atom. The van der Waals surface area contributed by atoms with Gasteiger partial charge in [-0.15, -0.1) is 11.3 Å². The van der Waals surface area contributed by atoms with Crippen LogP contribution in [0.4, 0.5) is 0 Å². The maximum absolute atomic E-state index is 4.23. The summed E-state index contributed by atoms with van der Waals surface area (Å²) in [7, 11) is 0. The van der Waals surface area contributed by atoms with Crippen LogP contribution in [-0.4, -0.2) is 9.88 Å². The van der Waals surface area contributed by atoms with E-state index in [4.69, 9.17) is 0 Å². The Balaban J connectivity index is 1.76. The normalized spacial score (nSPS) is 11.0. The second kappa shape index (κ2) is 7.34. The van der Waals surface area contributed by atoms with Crippen LogP contribution in [0, 0.1) is 6.92 Å². The lowest BCUT2D eigenvalue weighted by Gasteiger charge is -2.22. The van der Waals surface area contributed by atoms with E-state index in [0.29, 0.717) is 0 Å². The predicted octanol–water partition coefficient (Wildman–Crippen LogP) is 4.65. The Labute approximate surface area is 136 Å². The molecule has 0 aliphatic carbocycles. The SMILES string of the molecule is Cc1cccc(CN(Cc2cccnc2)Cc2cccs2)c1. The number of aryl methyl sites for hydroxylation is 1. The molecule has 2 heterocycles. The van der Waals surface area contributed by atoms with Gasteiger partial charge in [-0.05, 0) is 35.6 Å². The standard InChI is InChI=1S/C19H20N2S/c1-16-5-2-6-17(11-16)13-21(15-19-8-4-10-22-19)14-18-7-3-9-20-12-18/h2-12H,13-15H2,1H3. The van der Waals surface area contributed by atoms with Gasteiger partial charge in [0.1, 0.15) is 0 Å². The van der Waals surface area contributed by atoms with Crippen LogP contribution in [0.15, 0.2) is 66.3 Å². The average molecular weight is 308 g/mol. The van der Waals surface area contributed by atoms with Crippen LogP contribution < -0.4 is 0 Å². The van der Waals surface area contributed by atoms with Gasteiger partial charge in [0.15, 0.2) is 0 Å². The maximum atomic E-state index is 4.23. The number of thiophene rings is 1. The molecule has 0 radical (unpaired) electrons. The van der Waals surface area contributed by atoms with Crippen LogP contribution >= 0.6 is 11.3 Å². The highest BCUT2D eigenvalue weighted by atomic mass is 32.1. The second-order valence-electron chi connectivity index (χ2n) is 5.57. The Bertz CT molecular complexity index is 692. The zero-order valence-corrected chi connectivity index (χ0v) is 13.6. The number of rotatable bonds is 6. The van der Waals surface area contributed by atoms with Crippen LogP contribution in [0.1, 0.15) is 21.6 Å². The van der Waals surface area contributed by atoms with Crippen molar-refractivity contribution in [2.45, 2.75) is 26.6 Å². The smallest absolute Gasteiger partial charge is 0.0335 e. The highest BCUT2D eigenvalue weighted by Crippen LogP contribution is 2.17. The summed E-state index contributed by atoms with van der Waals surface area (Å²) in [5.41, 5.74) is 3.93. The molecule has 22 heavy (non-hydrogen) atoms. The largest absolute Gasteiger partial charge is 0.290 e. The molecule has 0 atom stereocenters. The summed E-state index contributed by atoms with van der Waals surface area (Å²) in [5, 5.41) is 2.14. The zero-order chi connectivity index (χ0) is 15.2. The lowest BCUT2D eigenvalue weighted by Crippen LogP contribution is -2.22. The van der Waals surface area contributed by atoms with E-state index in [2.05, 4.69) is 64.7 Å². The van der Waals surface area contributed by atoms with Gasteiger partial charge in [-0.25, -0.2) is 0 Å². The summed E-state index contributed by atoms with van der Waals surface area (Å²) in [6, 6.07) is 17.2. The molecule has 0 aliphatic heterocycles. The molecule has 0 saturated carbocycles. The minimum absolute atomic E-state index is 0.916. The van der Waals surface area contributed by atoms with Crippen molar-refractivity contribution in [2.75, 3.05) is 0 Å². The molecule has 0 fully saturated rings. The first-order chi connectivity index (χ1) is 10.8. The molecule has 0 spiro atoms. The summed E-state index contributed by atoms with van der Waals surface area (Å²) >= 11 is 1.82. The van der Waals surface area contributed by atoms with E-state index in [-0.39, 0.29) is 0 Å². The van der Waals surface area contributed by atoms with E-state index in [9.17, 15) is 0 Å². The molecular formula is C19H20N2S. The Kier molecular flexibility index (Phi) is 4.99. The highest BCUT2D eigenvalue weighted by molar-refractivity contribution is 7.09. The van der Waals surface area contributed by atoms with E-state index in [1.165, 1.54) is 21.6 Å². The first-order valence-electron chi connectivity index (χ1n) is 7.49. The second-order valence-corrected chi connectivity index (χ2v) is 6.61. The highest BCUT2D eigenvalue weighted by Gasteiger charge is 2.09. The van der Waals surface area contributed by atoms with Gasteiger partial charge < -0.3 is 0 Å². The lowest BCUT2D eigenvalue weighted by atomic mass is 10.1. The third-order valence-electron chi connectivity index (χ3n) is 3.58. The molecule has 0 N–H and O–H groups in total. The zero-order valence-electron chi connectivity index (χ0n) is 12.8. The maximum Gasteiger partial charge on any atom is 0.0335 e. The van der Waals surface area contributed by atoms with Crippen molar-refractivity contribution in [3.05, 3.63) is 87.9 Å². The van der Waals surface area contributed by atoms with Gasteiger partial charge in [0, 0.05) is 36.9 Å². The van der Waals surface area contributed by atoms with Crippen molar-refractivity contribution >= 4 is 11.3 Å². The van der Waals surface area contributed by atoms with Gasteiger partial charge in [-0.3, -0.25) is 9.88 Å². The van der Waals surface area contributed by atoms with E-state index in [1.54, 1.807) is 0 Å². The molecule has 1 aromatic carbocycles. The predicted molar refractivity (Wildman–Crippen MR) is 92.7 cm³/mol. The number of nitrogens with zero attached hydrogens (tertiary/aromatic N) is 2. The number of aromatic nitrogens is 1. The fourth-order valence-electron chi connectivity index (χ4n) is 2.61. The van der Waals surface area contributed by atoms with Crippen LogP contribution in [0.2, 0.25) is 0 Å². The topological polar surface area (TPSA) is 16.1 Å². The first kappa shape index (κ1) is 14.9. The molecular weight excluding hydrogens is 288 g/mol. The van der Waals surface area contributed by atoms with Crippen LogP contribution in [0.25, 0.3) is 0 Å². The fourth-order valence-corrected chi connectivity index (χ4v) is 3.36. The third kappa shape index (κ3) is 4.26. The Hall–Kier alpha value is -1.97. The summed E-state index contributed by atoms with van der Waals surface area (Å²) in [5.74, 6) is 0. The number of benzene rings is 1. The van der Waals surface area contributed by atoms with Gasteiger partial charge in [0.25, 0.3) is 0 Å². The van der Waals surface area contributed by atoms with Crippen LogP contribution in [-0.2, 0) is 19.6 Å². The van der Waals surface area contributed by atoms with Crippen molar-refractivity contribution < 1.29 is 0 Å². The van der Waals surface area contributed by atoms with E-state index in [0.717, 1.165) is 19.6 Å². The molecule has 0 saturated heterocycles. The molecule has 3 aromatic rings. The van der Waals surface area contributed by atoms with E-state index < -0.39 is 0 Å². The summed E-state index contributed by atoms with van der Waals surface area (Å²) in [6.07, 6.45) is 3.78. The first-order valence-corrected chi connectivity index (χ1v) is 8.37. The van der Waals surface area contributed by atoms with Crippen molar-refractivity contribution in [1.29, 1.82) is 0 Å². The van der Waals surface area contributed by atoms with Crippen molar-refractivity contribution in [2.24, 2.45) is 0 Å². The number of hydrogen-bond donors (Lipinski definition) is 0. The molecule has 2 aromatic heterocycles. The van der Waals surface area contributed by atoms with E-state index >= 15 is 0 Å². The number of hydrogen-bond acceptors (Lipinski definition) is 3. The summed E-state index contributed by atoms with van der Waals surface area (Å²) in [4.78, 5) is 8.10. The molecule has 3 rings (SSSR count). The van der Waals surface area contributed by atoms with Gasteiger partial charge in [-0.1, -0.05) is 42.0 Å². The quantitative estimate of drug-likeness (QED) is 0.659. The van der Waals surface area contributed by atoms with Gasteiger partial charge >= 0.3 is 0 Å². The Morgan fingerprint density at radius 1 is 0.955 bits per heavy atom. The minimum Gasteiger partial charge on any atom is -0.290 e. The van der Waals surface area contributed by atoms with E-state index in [1.807, 2.05) is 29.8 Å². The van der Waals surface area contributed by atoms with Gasteiger partial charge in [0.2, 0.25) is 0 Å². The van der Waals surface area contributed by atoms with Crippen LogP contribution in [0.3, 0.4) is 0 Å². The summed E-state index contributed by atoms with van der Waals surface area (Å²) in [6.45, 7) is 4.99. The Morgan fingerprint density at radius 2 is 1.82 bits per heavy atom.